The smallest absolute Gasteiger partial charge is 0.276 e. The van der Waals surface area contributed by atoms with E-state index in [4.69, 9.17) is 11.6 Å². The van der Waals surface area contributed by atoms with E-state index in [-0.39, 0.29) is 17.9 Å². The standard InChI is InChI=1S/C18H22ClN5O2/c1-2-21-17(25)14-10-12(19)5-6-15(14)22-18(26)16-7-9-24(23-16)13-4-3-8-20-11-13/h5-7,9-10,13,20H,2-4,8,11H2,1H3,(H,21,25)(H,22,26). The van der Waals surface area contributed by atoms with Gasteiger partial charge in [-0.15, -0.1) is 0 Å². The second-order valence-corrected chi connectivity index (χ2v) is 6.62. The second-order valence-electron chi connectivity index (χ2n) is 6.18. The first-order valence-electron chi connectivity index (χ1n) is 8.73. The SMILES string of the molecule is CCNC(=O)c1cc(Cl)ccc1NC(=O)c1ccn(C2CCCNC2)n1. The Bertz CT molecular complexity index is 799. The monoisotopic (exact) mass is 375 g/mol. The molecule has 138 valence electrons. The van der Waals surface area contributed by atoms with Gasteiger partial charge in [-0.25, -0.2) is 0 Å². The van der Waals surface area contributed by atoms with Gasteiger partial charge in [-0.1, -0.05) is 11.6 Å². The minimum atomic E-state index is -0.361. The molecule has 1 atom stereocenters. The van der Waals surface area contributed by atoms with Gasteiger partial charge in [0.05, 0.1) is 17.3 Å². The average molecular weight is 376 g/mol. The lowest BCUT2D eigenvalue weighted by atomic mass is 10.1. The first kappa shape index (κ1) is 18.4. The molecule has 8 heteroatoms. The Labute approximate surface area is 157 Å². The lowest BCUT2D eigenvalue weighted by Crippen LogP contribution is -2.32. The summed E-state index contributed by atoms with van der Waals surface area (Å²) in [6.07, 6.45) is 3.94. The average Bonchev–Trinajstić information content (AvgIpc) is 3.14. The van der Waals surface area contributed by atoms with Crippen LogP contribution in [0.2, 0.25) is 5.02 Å². The highest BCUT2D eigenvalue weighted by Crippen LogP contribution is 2.22. The van der Waals surface area contributed by atoms with Crippen molar-refractivity contribution in [2.24, 2.45) is 0 Å². The van der Waals surface area contributed by atoms with Gasteiger partial charge in [0.15, 0.2) is 5.69 Å². The lowest BCUT2D eigenvalue weighted by molar-refractivity contribution is 0.0956. The number of carbonyl (C=O) groups excluding carboxylic acids is 2. The number of hydrogen-bond donors (Lipinski definition) is 3. The van der Waals surface area contributed by atoms with E-state index in [1.807, 2.05) is 17.8 Å². The third kappa shape index (κ3) is 4.23. The van der Waals surface area contributed by atoms with Crippen molar-refractivity contribution in [1.29, 1.82) is 0 Å². The van der Waals surface area contributed by atoms with Crippen LogP contribution in [0.25, 0.3) is 0 Å². The summed E-state index contributed by atoms with van der Waals surface area (Å²) < 4.78 is 1.83. The van der Waals surface area contributed by atoms with E-state index in [9.17, 15) is 9.59 Å². The van der Waals surface area contributed by atoms with Crippen LogP contribution in [0.5, 0.6) is 0 Å². The van der Waals surface area contributed by atoms with Gasteiger partial charge >= 0.3 is 0 Å². The molecule has 1 aliphatic rings. The number of halogens is 1. The molecule has 26 heavy (non-hydrogen) atoms. The molecule has 3 N–H and O–H groups in total. The van der Waals surface area contributed by atoms with Crippen LogP contribution >= 0.6 is 11.6 Å². The van der Waals surface area contributed by atoms with E-state index < -0.39 is 0 Å². The number of piperidine rings is 1. The summed E-state index contributed by atoms with van der Waals surface area (Å²) in [5, 5.41) is 13.6. The summed E-state index contributed by atoms with van der Waals surface area (Å²) in [6, 6.07) is 6.73. The van der Waals surface area contributed by atoms with E-state index in [2.05, 4.69) is 21.0 Å². The van der Waals surface area contributed by atoms with Crippen LogP contribution in [0.15, 0.2) is 30.5 Å². The number of nitrogens with one attached hydrogen (secondary N) is 3. The van der Waals surface area contributed by atoms with Crippen molar-refractivity contribution < 1.29 is 9.59 Å². The molecule has 0 bridgehead atoms. The van der Waals surface area contributed by atoms with E-state index in [0.717, 1.165) is 25.9 Å². The lowest BCUT2D eigenvalue weighted by Gasteiger charge is -2.22. The van der Waals surface area contributed by atoms with Crippen LogP contribution in [0, 0.1) is 0 Å². The number of anilines is 1. The molecule has 3 rings (SSSR count). The Balaban J connectivity index is 1.76. The van der Waals surface area contributed by atoms with Crippen LogP contribution in [-0.4, -0.2) is 41.2 Å². The van der Waals surface area contributed by atoms with Crippen LogP contribution < -0.4 is 16.0 Å². The molecule has 2 aromatic rings. The van der Waals surface area contributed by atoms with Crippen LogP contribution in [0.3, 0.4) is 0 Å². The molecular weight excluding hydrogens is 354 g/mol. The summed E-state index contributed by atoms with van der Waals surface area (Å²) in [5.74, 6) is -0.649. The molecule has 1 aliphatic heterocycles. The normalized spacial score (nSPS) is 16.9. The van der Waals surface area contributed by atoms with Crippen LogP contribution in [-0.2, 0) is 0 Å². The molecule has 1 saturated heterocycles. The quantitative estimate of drug-likeness (QED) is 0.749. The van der Waals surface area contributed by atoms with Crippen LogP contribution in [0.4, 0.5) is 5.69 Å². The summed E-state index contributed by atoms with van der Waals surface area (Å²) in [5.41, 5.74) is 1.04. The molecule has 1 aromatic heterocycles. The summed E-state index contributed by atoms with van der Waals surface area (Å²) in [4.78, 5) is 24.8. The van der Waals surface area contributed by atoms with Gasteiger partial charge in [-0.2, -0.15) is 5.10 Å². The second kappa shape index (κ2) is 8.33. The molecule has 1 aromatic carbocycles. The zero-order valence-electron chi connectivity index (χ0n) is 14.6. The molecule has 2 heterocycles. The van der Waals surface area contributed by atoms with Gasteiger partial charge in [-0.3, -0.25) is 14.3 Å². The number of aromatic nitrogens is 2. The Kier molecular flexibility index (Phi) is 5.90. The van der Waals surface area contributed by atoms with Crippen molar-refractivity contribution in [3.8, 4) is 0 Å². The predicted octanol–water partition coefficient (Wildman–Crippen LogP) is 2.46. The first-order valence-corrected chi connectivity index (χ1v) is 9.11. The Morgan fingerprint density at radius 2 is 2.19 bits per heavy atom. The van der Waals surface area contributed by atoms with Crippen molar-refractivity contribution in [2.75, 3.05) is 25.0 Å². The number of benzene rings is 1. The van der Waals surface area contributed by atoms with E-state index in [1.54, 1.807) is 18.2 Å². The topological polar surface area (TPSA) is 88.0 Å². The highest BCUT2D eigenvalue weighted by molar-refractivity contribution is 6.31. The first-order chi connectivity index (χ1) is 12.6. The summed E-state index contributed by atoms with van der Waals surface area (Å²) >= 11 is 5.99. The maximum atomic E-state index is 12.6. The molecule has 7 nitrogen and oxygen atoms in total. The maximum absolute atomic E-state index is 12.6. The molecule has 0 saturated carbocycles. The minimum absolute atomic E-state index is 0.256. The van der Waals surface area contributed by atoms with Gasteiger partial charge in [0.1, 0.15) is 0 Å². The molecule has 1 fully saturated rings. The Morgan fingerprint density at radius 1 is 1.35 bits per heavy atom. The van der Waals surface area contributed by atoms with Gasteiger partial charge in [0, 0.05) is 24.3 Å². The van der Waals surface area contributed by atoms with Gasteiger partial charge < -0.3 is 16.0 Å². The Hall–Kier alpha value is -2.38. The fraction of sp³-hybridized carbons (Fsp3) is 0.389. The zero-order valence-corrected chi connectivity index (χ0v) is 15.3. The third-order valence-corrected chi connectivity index (χ3v) is 4.53. The molecule has 0 spiro atoms. The minimum Gasteiger partial charge on any atom is -0.352 e. The number of carbonyl (C=O) groups is 2. The van der Waals surface area contributed by atoms with E-state index >= 15 is 0 Å². The zero-order chi connectivity index (χ0) is 18.5. The molecule has 1 unspecified atom stereocenters. The van der Waals surface area contributed by atoms with Crippen molar-refractivity contribution >= 4 is 29.1 Å². The summed E-state index contributed by atoms with van der Waals surface area (Å²) in [6.45, 7) is 4.18. The number of amides is 2. The van der Waals surface area contributed by atoms with Gasteiger partial charge in [-0.05, 0) is 50.6 Å². The van der Waals surface area contributed by atoms with Crippen molar-refractivity contribution in [1.82, 2.24) is 20.4 Å². The molecule has 2 amide bonds. The number of hydrogen-bond acceptors (Lipinski definition) is 4. The van der Waals surface area contributed by atoms with E-state index in [0.29, 0.717) is 28.5 Å². The van der Waals surface area contributed by atoms with Crippen molar-refractivity contribution in [3.63, 3.8) is 0 Å². The maximum Gasteiger partial charge on any atom is 0.276 e. The van der Waals surface area contributed by atoms with Crippen molar-refractivity contribution in [3.05, 3.63) is 46.7 Å². The fourth-order valence-corrected chi connectivity index (χ4v) is 3.15. The largest absolute Gasteiger partial charge is 0.352 e. The Morgan fingerprint density at radius 3 is 2.92 bits per heavy atom. The highest BCUT2D eigenvalue weighted by atomic mass is 35.5. The summed E-state index contributed by atoms with van der Waals surface area (Å²) in [7, 11) is 0. The molecular formula is C18H22ClN5O2. The number of nitrogens with zero attached hydrogens (tertiary/aromatic N) is 2. The van der Waals surface area contributed by atoms with Gasteiger partial charge in [0.2, 0.25) is 0 Å². The van der Waals surface area contributed by atoms with Gasteiger partial charge in [0.25, 0.3) is 11.8 Å². The fourth-order valence-electron chi connectivity index (χ4n) is 2.98. The predicted molar refractivity (Wildman–Crippen MR) is 101 cm³/mol. The number of rotatable bonds is 5. The van der Waals surface area contributed by atoms with E-state index in [1.165, 1.54) is 6.07 Å². The van der Waals surface area contributed by atoms with Crippen LogP contribution in [0.1, 0.15) is 46.7 Å². The molecule has 0 radical (unpaired) electrons. The third-order valence-electron chi connectivity index (χ3n) is 4.30. The van der Waals surface area contributed by atoms with Crippen molar-refractivity contribution in [2.45, 2.75) is 25.8 Å². The molecule has 0 aliphatic carbocycles. The highest BCUT2D eigenvalue weighted by Gasteiger charge is 2.19.